The van der Waals surface area contributed by atoms with Gasteiger partial charge in [0.25, 0.3) is 0 Å². The Kier molecular flexibility index (Phi) is 8.51. The molecule has 4 heterocycles. The fourth-order valence-corrected chi connectivity index (χ4v) is 9.28. The molecule has 2 aliphatic carbocycles. The van der Waals surface area contributed by atoms with Gasteiger partial charge < -0.3 is 18.3 Å². The second-order valence-corrected chi connectivity index (χ2v) is 16.4. The highest BCUT2D eigenvalue weighted by molar-refractivity contribution is 6.13. The van der Waals surface area contributed by atoms with E-state index in [0.717, 1.165) is 68.5 Å². The van der Waals surface area contributed by atoms with Crippen LogP contribution in [0.4, 0.5) is 0 Å². The van der Waals surface area contributed by atoms with Gasteiger partial charge >= 0.3 is 0 Å². The molecule has 1 fully saturated rings. The summed E-state index contributed by atoms with van der Waals surface area (Å²) in [5.74, 6) is 2.32. The van der Waals surface area contributed by atoms with Crippen molar-refractivity contribution in [1.29, 1.82) is 0 Å². The van der Waals surface area contributed by atoms with E-state index >= 15 is 0 Å². The quantitative estimate of drug-likeness (QED) is 0.148. The maximum Gasteiger partial charge on any atom is 0.159 e. The molecule has 278 valence electrons. The number of imidazole rings is 2. The van der Waals surface area contributed by atoms with E-state index in [1.807, 2.05) is 12.5 Å². The zero-order valence-electron chi connectivity index (χ0n) is 32.4. The highest BCUT2D eigenvalue weighted by atomic mass is 16.5. The minimum atomic E-state index is 0.336. The second-order valence-electron chi connectivity index (χ2n) is 16.4. The van der Waals surface area contributed by atoms with Gasteiger partial charge in [-0.2, -0.15) is 0 Å². The van der Waals surface area contributed by atoms with E-state index in [4.69, 9.17) is 19.1 Å². The number of fused-ring (bicyclic) bond motifs is 7. The molecule has 4 aromatic heterocycles. The van der Waals surface area contributed by atoms with E-state index in [2.05, 4.69) is 126 Å². The van der Waals surface area contributed by atoms with Gasteiger partial charge in [0.1, 0.15) is 24.9 Å². The smallest absolute Gasteiger partial charge is 0.159 e. The Balaban J connectivity index is 1.07. The number of hydrogen-bond acceptors (Lipinski definition) is 4. The summed E-state index contributed by atoms with van der Waals surface area (Å²) in [5.41, 5.74) is 13.5. The third kappa shape index (κ3) is 5.74. The molecule has 0 aliphatic heterocycles. The fraction of sp³-hybridized carbons (Fsp3) is 0.333. The fourth-order valence-electron chi connectivity index (χ4n) is 9.28. The van der Waals surface area contributed by atoms with Crippen LogP contribution < -0.4 is 0 Å². The molecule has 2 aliphatic rings. The van der Waals surface area contributed by atoms with E-state index in [1.54, 1.807) is 0 Å². The molecule has 0 N–H and O–H groups in total. The van der Waals surface area contributed by atoms with Crippen molar-refractivity contribution in [3.8, 4) is 16.8 Å². The minimum absolute atomic E-state index is 0.336. The van der Waals surface area contributed by atoms with Crippen molar-refractivity contribution in [2.24, 2.45) is 0 Å². The molecule has 0 atom stereocenters. The molecular formula is C48H49N5O2. The molecule has 0 radical (unpaired) electrons. The van der Waals surface area contributed by atoms with Gasteiger partial charge in [0.2, 0.25) is 0 Å². The standard InChI is InChI=1S/C48H49N5O2/c1-30(2)33-23-38(46-39(24-33)40-25-34(31(3)4)26-44(47(40)55-46)52-22-21-49-48(52)32-13-6-5-7-14-32)37-17-12-20-43-45(37)50-27-51(43)28-54-29-53-41-18-10-8-15-35(41)36-16-9-11-19-42(36)53/h8,10-12,15,17-27,30-32H,5-7,9,13-14,16,28-29H2,1-4H3. The van der Waals surface area contributed by atoms with Gasteiger partial charge in [-0.25, -0.2) is 9.97 Å². The van der Waals surface area contributed by atoms with Crippen molar-refractivity contribution in [3.63, 3.8) is 0 Å². The molecule has 0 unspecified atom stereocenters. The number of hydrogen-bond donors (Lipinski definition) is 0. The lowest BCUT2D eigenvalue weighted by Gasteiger charge is -2.22. The monoisotopic (exact) mass is 727 g/mol. The SMILES string of the molecule is CC(C)c1cc(-c2cccc3c2ncn3COCn2c3c(c4ccccc42)CCC=C3)c2oc3c(-n4ccnc4C4CCCCC4)cc(C(C)C)cc3c2c1. The highest BCUT2D eigenvalue weighted by Crippen LogP contribution is 2.44. The zero-order chi connectivity index (χ0) is 37.2. The lowest BCUT2D eigenvalue weighted by atomic mass is 9.88. The predicted octanol–water partition coefficient (Wildman–Crippen LogP) is 12.6. The van der Waals surface area contributed by atoms with Crippen LogP contribution in [-0.2, 0) is 24.6 Å². The van der Waals surface area contributed by atoms with Crippen LogP contribution in [0.25, 0.3) is 66.8 Å². The largest absolute Gasteiger partial charge is 0.453 e. The van der Waals surface area contributed by atoms with Gasteiger partial charge in [0, 0.05) is 51.3 Å². The third-order valence-electron chi connectivity index (χ3n) is 12.3. The van der Waals surface area contributed by atoms with Crippen molar-refractivity contribution in [3.05, 3.63) is 120 Å². The zero-order valence-corrected chi connectivity index (χ0v) is 32.4. The molecule has 0 saturated heterocycles. The summed E-state index contributed by atoms with van der Waals surface area (Å²) in [7, 11) is 0. The number of aromatic nitrogens is 5. The number of allylic oxidation sites excluding steroid dienone is 1. The average molecular weight is 728 g/mol. The van der Waals surface area contributed by atoms with Crippen LogP contribution in [0.3, 0.4) is 0 Å². The third-order valence-corrected chi connectivity index (χ3v) is 12.3. The first-order valence-electron chi connectivity index (χ1n) is 20.3. The van der Waals surface area contributed by atoms with Crippen LogP contribution in [0.1, 0.15) is 112 Å². The van der Waals surface area contributed by atoms with Crippen molar-refractivity contribution in [1.82, 2.24) is 23.7 Å². The van der Waals surface area contributed by atoms with Crippen LogP contribution in [0.2, 0.25) is 0 Å². The summed E-state index contributed by atoms with van der Waals surface area (Å²) in [5, 5.41) is 3.63. The number of rotatable bonds is 9. The summed E-state index contributed by atoms with van der Waals surface area (Å²) in [4.78, 5) is 9.99. The number of nitrogens with zero attached hydrogens (tertiary/aromatic N) is 5. The van der Waals surface area contributed by atoms with Crippen molar-refractivity contribution in [2.45, 2.75) is 104 Å². The molecule has 8 aromatic rings. The number of para-hydroxylation sites is 2. The van der Waals surface area contributed by atoms with E-state index in [9.17, 15) is 0 Å². The Morgan fingerprint density at radius 2 is 1.56 bits per heavy atom. The first kappa shape index (κ1) is 34.1. The molecule has 7 heteroatoms. The summed E-state index contributed by atoms with van der Waals surface area (Å²) in [6.45, 7) is 9.96. The first-order chi connectivity index (χ1) is 26.9. The summed E-state index contributed by atoms with van der Waals surface area (Å²) >= 11 is 0. The van der Waals surface area contributed by atoms with E-state index in [1.165, 1.54) is 65.4 Å². The van der Waals surface area contributed by atoms with Gasteiger partial charge in [0.15, 0.2) is 5.58 Å². The van der Waals surface area contributed by atoms with Gasteiger partial charge in [-0.1, -0.05) is 83.4 Å². The lowest BCUT2D eigenvalue weighted by molar-refractivity contribution is 0.0314. The molecule has 1 saturated carbocycles. The normalized spacial score (nSPS) is 15.2. The highest BCUT2D eigenvalue weighted by Gasteiger charge is 2.25. The molecule has 0 amide bonds. The Morgan fingerprint density at radius 1 is 0.782 bits per heavy atom. The van der Waals surface area contributed by atoms with Crippen LogP contribution in [0, 0.1) is 0 Å². The van der Waals surface area contributed by atoms with Crippen molar-refractivity contribution < 1.29 is 9.15 Å². The Labute approximate surface area is 322 Å². The van der Waals surface area contributed by atoms with Crippen LogP contribution >= 0.6 is 0 Å². The van der Waals surface area contributed by atoms with Gasteiger partial charge in [0.05, 0.1) is 28.6 Å². The second kappa shape index (κ2) is 13.7. The van der Waals surface area contributed by atoms with E-state index in [-0.39, 0.29) is 0 Å². The minimum Gasteiger partial charge on any atom is -0.453 e. The number of furan rings is 1. The van der Waals surface area contributed by atoms with E-state index in [0.29, 0.717) is 31.2 Å². The summed E-state index contributed by atoms with van der Waals surface area (Å²) < 4.78 is 20.3. The molecule has 55 heavy (non-hydrogen) atoms. The van der Waals surface area contributed by atoms with Gasteiger partial charge in [-0.15, -0.1) is 0 Å². The van der Waals surface area contributed by atoms with Crippen LogP contribution in [0.15, 0.2) is 95.9 Å². The molecule has 7 nitrogen and oxygen atoms in total. The molecule has 10 rings (SSSR count). The van der Waals surface area contributed by atoms with Crippen LogP contribution in [0.5, 0.6) is 0 Å². The number of benzene rings is 4. The first-order valence-corrected chi connectivity index (χ1v) is 20.3. The average Bonchev–Trinajstić information content (AvgIpc) is 4.01. The molecule has 4 aromatic carbocycles. The van der Waals surface area contributed by atoms with E-state index < -0.39 is 0 Å². The maximum absolute atomic E-state index is 7.13. The summed E-state index contributed by atoms with van der Waals surface area (Å²) in [6.07, 6.45) is 18.9. The predicted molar refractivity (Wildman–Crippen MR) is 224 cm³/mol. The van der Waals surface area contributed by atoms with Crippen molar-refractivity contribution in [2.75, 3.05) is 0 Å². The molecule has 0 bridgehead atoms. The Bertz CT molecular complexity index is 2750. The Hall–Kier alpha value is -5.40. The Morgan fingerprint density at radius 3 is 2.40 bits per heavy atom. The topological polar surface area (TPSA) is 62.9 Å². The van der Waals surface area contributed by atoms with Gasteiger partial charge in [-0.05, 0) is 96.7 Å². The maximum atomic E-state index is 7.13. The van der Waals surface area contributed by atoms with Gasteiger partial charge in [-0.3, -0.25) is 4.57 Å². The van der Waals surface area contributed by atoms with Crippen molar-refractivity contribution >= 4 is 50.0 Å². The molecular weight excluding hydrogens is 679 g/mol. The summed E-state index contributed by atoms with van der Waals surface area (Å²) in [6, 6.07) is 24.5. The van der Waals surface area contributed by atoms with Crippen LogP contribution in [-0.4, -0.2) is 23.7 Å². The number of aryl methyl sites for hydroxylation is 1. The number of ether oxygens (including phenoxy) is 1. The lowest BCUT2D eigenvalue weighted by Crippen LogP contribution is -2.11. The molecule has 0 spiro atoms.